The normalized spacial score (nSPS) is 15.8. The van der Waals surface area contributed by atoms with Gasteiger partial charge in [-0.3, -0.25) is 4.79 Å². The van der Waals surface area contributed by atoms with Crippen LogP contribution in [0.3, 0.4) is 0 Å². The third kappa shape index (κ3) is 3.60. The van der Waals surface area contributed by atoms with E-state index >= 15 is 0 Å². The molecule has 4 nitrogen and oxygen atoms in total. The van der Waals surface area contributed by atoms with Crippen LogP contribution in [-0.2, 0) is 11.2 Å². The number of amides is 1. The van der Waals surface area contributed by atoms with Crippen molar-refractivity contribution in [3.05, 3.63) is 71.0 Å². The molecule has 132 valence electrons. The lowest BCUT2D eigenvalue weighted by Crippen LogP contribution is -2.33. The summed E-state index contributed by atoms with van der Waals surface area (Å²) < 4.78 is 18.7. The number of thiazole rings is 1. The van der Waals surface area contributed by atoms with Crippen LogP contribution in [0.2, 0.25) is 0 Å². The molecule has 1 aliphatic rings. The summed E-state index contributed by atoms with van der Waals surface area (Å²) in [4.78, 5) is 16.9. The molecule has 4 rings (SSSR count). The van der Waals surface area contributed by atoms with Crippen LogP contribution < -0.4 is 10.1 Å². The fourth-order valence-electron chi connectivity index (χ4n) is 3.02. The Morgan fingerprint density at radius 1 is 1.23 bits per heavy atom. The van der Waals surface area contributed by atoms with Gasteiger partial charge >= 0.3 is 0 Å². The molecule has 0 fully saturated rings. The number of nitrogens with one attached hydrogen (secondary N) is 1. The molecular formula is C20H17FN2O2S. The van der Waals surface area contributed by atoms with Crippen molar-refractivity contribution in [1.82, 2.24) is 10.3 Å². The van der Waals surface area contributed by atoms with Gasteiger partial charge in [0, 0.05) is 22.9 Å². The van der Waals surface area contributed by atoms with E-state index in [1.807, 2.05) is 29.6 Å². The van der Waals surface area contributed by atoms with Crippen LogP contribution in [0.4, 0.5) is 4.39 Å². The van der Waals surface area contributed by atoms with E-state index in [0.29, 0.717) is 12.3 Å². The van der Waals surface area contributed by atoms with Crippen LogP contribution in [0, 0.1) is 5.82 Å². The summed E-state index contributed by atoms with van der Waals surface area (Å²) in [6.45, 7) is 0.591. The predicted molar refractivity (Wildman–Crippen MR) is 98.6 cm³/mol. The van der Waals surface area contributed by atoms with Gasteiger partial charge in [0.05, 0.1) is 24.8 Å². The highest BCUT2D eigenvalue weighted by Gasteiger charge is 2.22. The molecule has 0 saturated heterocycles. The lowest BCUT2D eigenvalue weighted by Gasteiger charge is -2.26. The van der Waals surface area contributed by atoms with E-state index in [4.69, 9.17) is 4.74 Å². The van der Waals surface area contributed by atoms with E-state index in [-0.39, 0.29) is 24.2 Å². The minimum absolute atomic E-state index is 0.0392. The Hall–Kier alpha value is -2.73. The molecule has 0 saturated carbocycles. The first-order valence-corrected chi connectivity index (χ1v) is 9.28. The smallest absolute Gasteiger partial charge is 0.226 e. The fraction of sp³-hybridized carbons (Fsp3) is 0.200. The molecule has 0 bridgehead atoms. The zero-order valence-electron chi connectivity index (χ0n) is 13.9. The van der Waals surface area contributed by atoms with Gasteiger partial charge in [0.15, 0.2) is 0 Å². The third-order valence-corrected chi connectivity index (χ3v) is 5.22. The minimum Gasteiger partial charge on any atom is -0.493 e. The van der Waals surface area contributed by atoms with Gasteiger partial charge in [-0.2, -0.15) is 0 Å². The number of para-hydroxylation sites is 1. The van der Waals surface area contributed by atoms with Crippen LogP contribution in [0.5, 0.6) is 5.75 Å². The topological polar surface area (TPSA) is 51.2 Å². The van der Waals surface area contributed by atoms with Gasteiger partial charge in [0.2, 0.25) is 5.91 Å². The maximum atomic E-state index is 13.0. The number of halogens is 1. The first kappa shape index (κ1) is 16.7. The maximum Gasteiger partial charge on any atom is 0.226 e. The summed E-state index contributed by atoms with van der Waals surface area (Å²) in [5.41, 5.74) is 2.57. The maximum absolute atomic E-state index is 13.0. The summed E-state index contributed by atoms with van der Waals surface area (Å²) in [6.07, 6.45) is 0.970. The number of carbonyl (C=O) groups is 1. The Bertz CT molecular complexity index is 924. The van der Waals surface area contributed by atoms with Crippen molar-refractivity contribution in [2.24, 2.45) is 0 Å². The Kier molecular flexibility index (Phi) is 4.67. The fourth-order valence-corrected chi connectivity index (χ4v) is 3.84. The van der Waals surface area contributed by atoms with Gasteiger partial charge in [-0.25, -0.2) is 9.37 Å². The molecule has 0 spiro atoms. The molecule has 2 aromatic carbocycles. The number of rotatable bonds is 4. The van der Waals surface area contributed by atoms with E-state index in [1.54, 1.807) is 12.1 Å². The molecule has 0 aliphatic carbocycles. The van der Waals surface area contributed by atoms with Gasteiger partial charge < -0.3 is 10.1 Å². The predicted octanol–water partition coefficient (Wildman–Crippen LogP) is 4.13. The highest BCUT2D eigenvalue weighted by molar-refractivity contribution is 7.13. The number of carbonyl (C=O) groups excluding carboxylic acids is 1. The number of hydrogen-bond donors (Lipinski definition) is 1. The Balaban J connectivity index is 1.42. The number of hydrogen-bond acceptors (Lipinski definition) is 4. The van der Waals surface area contributed by atoms with Gasteiger partial charge in [0.25, 0.3) is 0 Å². The molecule has 1 aliphatic heterocycles. The van der Waals surface area contributed by atoms with Crippen molar-refractivity contribution >= 4 is 17.2 Å². The van der Waals surface area contributed by atoms with E-state index in [0.717, 1.165) is 28.3 Å². The molecule has 6 heteroatoms. The van der Waals surface area contributed by atoms with Crippen molar-refractivity contribution in [1.29, 1.82) is 0 Å². The molecule has 2 heterocycles. The molecule has 0 radical (unpaired) electrons. The van der Waals surface area contributed by atoms with Crippen LogP contribution >= 0.6 is 11.3 Å². The van der Waals surface area contributed by atoms with Crippen molar-refractivity contribution in [2.45, 2.75) is 18.9 Å². The van der Waals surface area contributed by atoms with Gasteiger partial charge in [0.1, 0.15) is 16.6 Å². The number of fused-ring (bicyclic) bond motifs is 1. The molecular weight excluding hydrogens is 351 g/mol. The molecule has 1 amide bonds. The quantitative estimate of drug-likeness (QED) is 0.753. The number of benzene rings is 2. The summed E-state index contributed by atoms with van der Waals surface area (Å²) in [6, 6.07) is 13.9. The van der Waals surface area contributed by atoms with Crippen molar-refractivity contribution < 1.29 is 13.9 Å². The van der Waals surface area contributed by atoms with E-state index < -0.39 is 0 Å². The number of aromatic nitrogens is 1. The Morgan fingerprint density at radius 3 is 2.88 bits per heavy atom. The average Bonchev–Trinajstić information content (AvgIpc) is 3.11. The summed E-state index contributed by atoms with van der Waals surface area (Å²) >= 11 is 1.45. The average molecular weight is 368 g/mol. The molecule has 26 heavy (non-hydrogen) atoms. The summed E-state index contributed by atoms with van der Waals surface area (Å²) in [7, 11) is 0. The number of nitrogens with zero attached hydrogens (tertiary/aromatic N) is 1. The first-order chi connectivity index (χ1) is 12.7. The highest BCUT2D eigenvalue weighted by atomic mass is 32.1. The first-order valence-electron chi connectivity index (χ1n) is 8.40. The van der Waals surface area contributed by atoms with Crippen molar-refractivity contribution in [2.75, 3.05) is 6.61 Å². The number of ether oxygens (including phenoxy) is 1. The second-order valence-electron chi connectivity index (χ2n) is 6.12. The third-order valence-electron chi connectivity index (χ3n) is 4.28. The van der Waals surface area contributed by atoms with E-state index in [1.165, 1.54) is 23.5 Å². The Morgan fingerprint density at radius 2 is 2.04 bits per heavy atom. The van der Waals surface area contributed by atoms with Crippen LogP contribution in [0.25, 0.3) is 10.6 Å². The minimum atomic E-state index is -0.276. The standard InChI is InChI=1S/C20H17FN2O2S/c21-14-7-5-13(6-8-14)20-22-15(12-26-20)11-19(24)23-17-9-10-25-18-4-2-1-3-16(17)18/h1-8,12,17H,9-11H2,(H,23,24)/t17-/m1/s1. The highest BCUT2D eigenvalue weighted by Crippen LogP contribution is 2.31. The largest absolute Gasteiger partial charge is 0.493 e. The molecule has 1 atom stereocenters. The molecule has 1 N–H and O–H groups in total. The van der Waals surface area contributed by atoms with E-state index in [9.17, 15) is 9.18 Å². The summed E-state index contributed by atoms with van der Waals surface area (Å²) in [5.74, 6) is 0.487. The van der Waals surface area contributed by atoms with Crippen molar-refractivity contribution in [3.8, 4) is 16.3 Å². The van der Waals surface area contributed by atoms with Gasteiger partial charge in [-0.15, -0.1) is 11.3 Å². The zero-order valence-corrected chi connectivity index (χ0v) is 14.8. The van der Waals surface area contributed by atoms with Gasteiger partial charge in [-0.05, 0) is 30.3 Å². The van der Waals surface area contributed by atoms with Crippen LogP contribution in [0.15, 0.2) is 53.9 Å². The molecule has 0 unspecified atom stereocenters. The SMILES string of the molecule is O=C(Cc1csc(-c2ccc(F)cc2)n1)N[C@@H]1CCOc2ccccc21. The molecule has 1 aromatic heterocycles. The van der Waals surface area contributed by atoms with Crippen molar-refractivity contribution in [3.63, 3.8) is 0 Å². The lowest BCUT2D eigenvalue weighted by molar-refractivity contribution is -0.121. The second kappa shape index (κ2) is 7.25. The summed E-state index contributed by atoms with van der Waals surface area (Å²) in [5, 5.41) is 5.73. The van der Waals surface area contributed by atoms with Crippen LogP contribution in [-0.4, -0.2) is 17.5 Å². The zero-order chi connectivity index (χ0) is 17.9. The van der Waals surface area contributed by atoms with Crippen LogP contribution in [0.1, 0.15) is 23.7 Å². The van der Waals surface area contributed by atoms with E-state index in [2.05, 4.69) is 10.3 Å². The van der Waals surface area contributed by atoms with Gasteiger partial charge in [-0.1, -0.05) is 18.2 Å². The molecule has 3 aromatic rings. The second-order valence-corrected chi connectivity index (χ2v) is 6.98. The Labute approximate surface area is 154 Å². The monoisotopic (exact) mass is 368 g/mol. The lowest BCUT2D eigenvalue weighted by atomic mass is 10.0.